The van der Waals surface area contributed by atoms with Crippen LogP contribution in [-0.4, -0.2) is 26.7 Å². The molecule has 0 aromatic rings. The molecule has 0 aromatic heterocycles. The minimum atomic E-state index is -5.43. The molecule has 0 radical (unpaired) electrons. The van der Waals surface area contributed by atoms with Crippen molar-refractivity contribution in [2.75, 3.05) is 0 Å². The summed E-state index contributed by atoms with van der Waals surface area (Å²) in [5, 5.41) is 7.73. The van der Waals surface area contributed by atoms with Crippen LogP contribution in [0.1, 0.15) is 0 Å². The molecule has 0 aliphatic rings. The summed E-state index contributed by atoms with van der Waals surface area (Å²) in [5.41, 5.74) is 0. The van der Waals surface area contributed by atoms with Crippen molar-refractivity contribution in [1.82, 2.24) is 0 Å². The molecule has 0 saturated heterocycles. The van der Waals surface area contributed by atoms with Crippen LogP contribution in [0.15, 0.2) is 0 Å². The quantitative estimate of drug-likeness (QED) is 0.614. The Labute approximate surface area is 84.4 Å². The molecule has 0 aliphatic carbocycles. The zero-order chi connectivity index (χ0) is 11.1. The van der Waals surface area contributed by atoms with Crippen LogP contribution in [0.5, 0.6) is 0 Å². The molecule has 0 saturated carbocycles. The first kappa shape index (κ1) is 13.1. The molecule has 0 bridgehead atoms. The molecule has 0 atom stereocenters. The second kappa shape index (κ2) is 3.33. The molecule has 0 aliphatic heterocycles. The van der Waals surface area contributed by atoms with Crippen LogP contribution in [0.2, 0.25) is 0 Å². The Balaban J connectivity index is 5.16. The number of rotatable bonds is 2. The molecule has 9 heteroatoms. The van der Waals surface area contributed by atoms with Gasteiger partial charge in [-0.15, -0.1) is 0 Å². The van der Waals surface area contributed by atoms with Crippen molar-refractivity contribution in [1.29, 1.82) is 0 Å². The van der Waals surface area contributed by atoms with Crippen molar-refractivity contribution in [3.05, 3.63) is 0 Å². The Morgan fingerprint density at radius 2 is 1.38 bits per heavy atom. The molecule has 0 heterocycles. The van der Waals surface area contributed by atoms with Crippen molar-refractivity contribution >= 4 is 40.8 Å². The van der Waals surface area contributed by atoms with Gasteiger partial charge in [0.2, 0.25) is 0 Å². The molecule has 1 N–H and O–H groups in total. The fraction of sp³-hybridized carbons (Fsp3) is 0.750. The van der Waals surface area contributed by atoms with E-state index in [-0.39, 0.29) is 0 Å². The van der Waals surface area contributed by atoms with Crippen molar-refractivity contribution in [2.24, 2.45) is 0 Å². The topological polar surface area (TPSA) is 37.3 Å². The summed E-state index contributed by atoms with van der Waals surface area (Å²) in [4.78, 5) is 9.71. The maximum atomic E-state index is 12.4. The number of hydrogen-bond acceptors (Lipinski definition) is 1. The maximum absolute atomic E-state index is 12.4. The van der Waals surface area contributed by atoms with Crippen molar-refractivity contribution < 1.29 is 27.5 Å². The molecule has 13 heavy (non-hydrogen) atoms. The summed E-state index contributed by atoms with van der Waals surface area (Å²) in [6, 6.07) is 0. The third kappa shape index (κ3) is 2.11. The molecule has 0 spiro atoms. The molecule has 0 amide bonds. The van der Waals surface area contributed by atoms with Gasteiger partial charge in [0.15, 0.2) is 0 Å². The second-order valence-electron chi connectivity index (χ2n) is 1.95. The molecule has 2 nitrogen and oxygen atoms in total. The lowest BCUT2D eigenvalue weighted by molar-refractivity contribution is -0.222. The van der Waals surface area contributed by atoms with Gasteiger partial charge in [-0.3, -0.25) is 0 Å². The van der Waals surface area contributed by atoms with Crippen LogP contribution in [0.4, 0.5) is 17.6 Å². The van der Waals surface area contributed by atoms with Gasteiger partial charge in [-0.2, -0.15) is 17.6 Å². The van der Waals surface area contributed by atoms with Crippen LogP contribution in [0, 0.1) is 0 Å². The van der Waals surface area contributed by atoms with Gasteiger partial charge in [-0.05, 0) is 0 Å². The van der Waals surface area contributed by atoms with Crippen molar-refractivity contribution in [3.8, 4) is 0 Å². The Kier molecular flexibility index (Phi) is 3.34. The lowest BCUT2D eigenvalue weighted by Gasteiger charge is -2.28. The molecule has 0 fully saturated rings. The summed E-state index contributed by atoms with van der Waals surface area (Å²) in [6.45, 7) is 0. The number of aliphatic carboxylic acids is 1. The highest BCUT2D eigenvalue weighted by molar-refractivity contribution is 6.68. The number of halogens is 7. The molecule has 0 rings (SSSR count). The molecule has 0 aromatic carbocycles. The normalized spacial score (nSPS) is 14.4. The fourth-order valence-corrected chi connectivity index (χ4v) is 0.668. The SMILES string of the molecule is O=C(O)C(F)(F)C(F)(F)C(Cl)(Cl)Cl. The van der Waals surface area contributed by atoms with E-state index >= 15 is 0 Å². The van der Waals surface area contributed by atoms with E-state index in [0.717, 1.165) is 0 Å². The zero-order valence-electron chi connectivity index (χ0n) is 5.50. The monoisotopic (exact) mass is 262 g/mol. The number of carbonyl (C=O) groups is 1. The van der Waals surface area contributed by atoms with E-state index in [9.17, 15) is 22.4 Å². The van der Waals surface area contributed by atoms with Gasteiger partial charge in [0, 0.05) is 0 Å². The third-order valence-electron chi connectivity index (χ3n) is 1.02. The highest BCUT2D eigenvalue weighted by atomic mass is 35.6. The van der Waals surface area contributed by atoms with E-state index < -0.39 is 21.6 Å². The summed E-state index contributed by atoms with van der Waals surface area (Å²) >= 11 is 13.5. The van der Waals surface area contributed by atoms with E-state index in [4.69, 9.17) is 5.11 Å². The largest absolute Gasteiger partial charge is 0.477 e. The minimum Gasteiger partial charge on any atom is -0.477 e. The van der Waals surface area contributed by atoms with Gasteiger partial charge >= 0.3 is 17.8 Å². The molecular weight excluding hydrogens is 262 g/mol. The van der Waals surface area contributed by atoms with E-state index in [0.29, 0.717) is 0 Å². The Morgan fingerprint density at radius 3 is 1.46 bits per heavy atom. The van der Waals surface area contributed by atoms with Crippen LogP contribution in [0.25, 0.3) is 0 Å². The average molecular weight is 263 g/mol. The van der Waals surface area contributed by atoms with Crippen LogP contribution < -0.4 is 0 Å². The van der Waals surface area contributed by atoms with Gasteiger partial charge in [0.25, 0.3) is 3.79 Å². The van der Waals surface area contributed by atoms with Crippen LogP contribution in [0.3, 0.4) is 0 Å². The van der Waals surface area contributed by atoms with E-state index in [1.54, 1.807) is 0 Å². The fourth-order valence-electron chi connectivity index (χ4n) is 0.312. The predicted molar refractivity (Wildman–Crippen MR) is 37.8 cm³/mol. The summed E-state index contributed by atoms with van der Waals surface area (Å²) in [5.74, 6) is -13.8. The Morgan fingerprint density at radius 1 is 1.08 bits per heavy atom. The van der Waals surface area contributed by atoms with E-state index in [2.05, 4.69) is 34.8 Å². The van der Waals surface area contributed by atoms with Crippen molar-refractivity contribution in [2.45, 2.75) is 15.6 Å². The third-order valence-corrected chi connectivity index (χ3v) is 1.73. The molecule has 78 valence electrons. The zero-order valence-corrected chi connectivity index (χ0v) is 7.77. The van der Waals surface area contributed by atoms with E-state index in [1.165, 1.54) is 0 Å². The Hall–Kier alpha value is 0.0600. The van der Waals surface area contributed by atoms with E-state index in [1.807, 2.05) is 0 Å². The van der Waals surface area contributed by atoms with Gasteiger partial charge in [0.1, 0.15) is 0 Å². The van der Waals surface area contributed by atoms with Gasteiger partial charge < -0.3 is 5.11 Å². The number of hydrogen-bond donors (Lipinski definition) is 1. The molecule has 0 unspecified atom stereocenters. The number of carboxylic acid groups (broad SMARTS) is 1. The van der Waals surface area contributed by atoms with Gasteiger partial charge in [-0.1, -0.05) is 34.8 Å². The second-order valence-corrected chi connectivity index (χ2v) is 4.23. The summed E-state index contributed by atoms with van der Waals surface area (Å²) < 4.78 is 45.6. The summed E-state index contributed by atoms with van der Waals surface area (Å²) in [7, 11) is 0. The standard InChI is InChI=1S/C4HCl3F4O2/c5-4(6,7)3(10,11)2(8,9)1(12)13/h(H,12,13). The first-order valence-corrected chi connectivity index (χ1v) is 3.63. The average Bonchev–Trinajstić information content (AvgIpc) is 1.84. The first-order chi connectivity index (χ1) is 5.44. The lowest BCUT2D eigenvalue weighted by atomic mass is 10.2. The minimum absolute atomic E-state index is 3.07. The Bertz CT molecular complexity index is 224. The highest BCUT2D eigenvalue weighted by Crippen LogP contribution is 2.50. The van der Waals surface area contributed by atoms with Gasteiger partial charge in [-0.25, -0.2) is 4.79 Å². The lowest BCUT2D eigenvalue weighted by Crippen LogP contribution is -2.54. The maximum Gasteiger partial charge on any atom is 0.408 e. The number of carboxylic acids is 1. The number of alkyl halides is 7. The summed E-state index contributed by atoms with van der Waals surface area (Å²) in [6.07, 6.45) is 0. The highest BCUT2D eigenvalue weighted by Gasteiger charge is 2.72. The van der Waals surface area contributed by atoms with Crippen LogP contribution >= 0.6 is 34.8 Å². The van der Waals surface area contributed by atoms with Crippen molar-refractivity contribution in [3.63, 3.8) is 0 Å². The van der Waals surface area contributed by atoms with Crippen LogP contribution in [-0.2, 0) is 4.79 Å². The van der Waals surface area contributed by atoms with Gasteiger partial charge in [0.05, 0.1) is 0 Å². The first-order valence-electron chi connectivity index (χ1n) is 2.50. The predicted octanol–water partition coefficient (Wildman–Crippen LogP) is 2.71. The smallest absolute Gasteiger partial charge is 0.408 e. The molecular formula is C4HCl3F4O2.